The molecule has 0 spiro atoms. The van der Waals surface area contributed by atoms with E-state index in [0.717, 1.165) is 12.0 Å². The van der Waals surface area contributed by atoms with Crippen LogP contribution in [0.4, 0.5) is 0 Å². The largest absolute Gasteiger partial charge is 0.360 e. The molecule has 0 atom stereocenters. The van der Waals surface area contributed by atoms with Crippen molar-refractivity contribution >= 4 is 28.8 Å². The summed E-state index contributed by atoms with van der Waals surface area (Å²) in [6, 6.07) is 9.38. The molecule has 0 unspecified atom stereocenters. The van der Waals surface area contributed by atoms with Crippen LogP contribution in [0.3, 0.4) is 0 Å². The number of rotatable bonds is 6. The van der Waals surface area contributed by atoms with Gasteiger partial charge in [-0.15, -0.1) is 0 Å². The minimum atomic E-state index is -0.0817. The molecule has 0 fully saturated rings. The van der Waals surface area contributed by atoms with Gasteiger partial charge in [-0.3, -0.25) is 4.79 Å². The van der Waals surface area contributed by atoms with Crippen molar-refractivity contribution in [2.45, 2.75) is 26.8 Å². The zero-order valence-corrected chi connectivity index (χ0v) is 15.7. The second-order valence-electron chi connectivity index (χ2n) is 5.80. The van der Waals surface area contributed by atoms with Gasteiger partial charge in [0.2, 0.25) is 0 Å². The molecule has 0 N–H and O–H groups in total. The summed E-state index contributed by atoms with van der Waals surface area (Å²) in [7, 11) is 0. The second kappa shape index (κ2) is 7.85. The monoisotopic (exact) mass is 374 g/mol. The summed E-state index contributed by atoms with van der Waals surface area (Å²) < 4.78 is 5.34. The highest BCUT2D eigenvalue weighted by molar-refractivity contribution is 7.07. The van der Waals surface area contributed by atoms with Crippen LogP contribution in [0.25, 0.3) is 11.3 Å². The SMILES string of the molecule is CCCN(Cc1ccsc1)C(=O)c1c(-c2ccccc2Cl)noc1C. The number of hydrogen-bond acceptors (Lipinski definition) is 4. The summed E-state index contributed by atoms with van der Waals surface area (Å²) in [5, 5.41) is 8.73. The van der Waals surface area contributed by atoms with Crippen LogP contribution in [0.15, 0.2) is 45.6 Å². The van der Waals surface area contributed by atoms with E-state index < -0.39 is 0 Å². The van der Waals surface area contributed by atoms with Gasteiger partial charge in [0.15, 0.2) is 0 Å². The third-order valence-corrected chi connectivity index (χ3v) is 5.00. The van der Waals surface area contributed by atoms with E-state index in [4.69, 9.17) is 16.1 Å². The fourth-order valence-electron chi connectivity index (χ4n) is 2.74. The van der Waals surface area contributed by atoms with Gasteiger partial charge < -0.3 is 9.42 Å². The van der Waals surface area contributed by atoms with Crippen molar-refractivity contribution < 1.29 is 9.32 Å². The van der Waals surface area contributed by atoms with Gasteiger partial charge in [0.05, 0.1) is 5.02 Å². The standard InChI is InChI=1S/C19H19ClN2O2S/c1-3-9-22(11-14-8-10-25-12-14)19(23)17-13(2)24-21-18(17)15-6-4-5-7-16(15)20/h4-8,10,12H,3,9,11H2,1-2H3. The average molecular weight is 375 g/mol. The maximum atomic E-state index is 13.2. The fourth-order valence-corrected chi connectivity index (χ4v) is 3.63. The highest BCUT2D eigenvalue weighted by Gasteiger charge is 2.26. The first kappa shape index (κ1) is 17.7. The van der Waals surface area contributed by atoms with E-state index >= 15 is 0 Å². The van der Waals surface area contributed by atoms with Gasteiger partial charge >= 0.3 is 0 Å². The third-order valence-electron chi connectivity index (χ3n) is 3.94. The normalized spacial score (nSPS) is 10.8. The number of aromatic nitrogens is 1. The van der Waals surface area contributed by atoms with Crippen LogP contribution in [-0.2, 0) is 6.54 Å². The lowest BCUT2D eigenvalue weighted by molar-refractivity contribution is 0.0742. The Kier molecular flexibility index (Phi) is 5.56. The minimum absolute atomic E-state index is 0.0817. The number of hydrogen-bond donors (Lipinski definition) is 0. The zero-order valence-electron chi connectivity index (χ0n) is 14.2. The van der Waals surface area contributed by atoms with Crippen LogP contribution in [0.2, 0.25) is 5.02 Å². The lowest BCUT2D eigenvalue weighted by Crippen LogP contribution is -2.31. The lowest BCUT2D eigenvalue weighted by Gasteiger charge is -2.22. The van der Waals surface area contributed by atoms with Crippen molar-refractivity contribution in [2.75, 3.05) is 6.54 Å². The summed E-state index contributed by atoms with van der Waals surface area (Å²) in [6.45, 7) is 5.06. The molecule has 130 valence electrons. The van der Waals surface area contributed by atoms with Gasteiger partial charge in [-0.05, 0) is 41.8 Å². The smallest absolute Gasteiger partial charge is 0.260 e. The molecule has 0 aliphatic heterocycles. The van der Waals surface area contributed by atoms with Crippen LogP contribution in [-0.4, -0.2) is 22.5 Å². The molecular formula is C19H19ClN2O2S. The van der Waals surface area contributed by atoms with Crippen LogP contribution in [0.1, 0.15) is 35.0 Å². The molecule has 6 heteroatoms. The highest BCUT2D eigenvalue weighted by Crippen LogP contribution is 2.32. The van der Waals surface area contributed by atoms with E-state index in [2.05, 4.69) is 17.5 Å². The molecule has 0 radical (unpaired) electrons. The summed E-state index contributed by atoms with van der Waals surface area (Å²) in [5.74, 6) is 0.424. The van der Waals surface area contributed by atoms with Crippen molar-refractivity contribution in [3.63, 3.8) is 0 Å². The Balaban J connectivity index is 1.98. The van der Waals surface area contributed by atoms with Crippen molar-refractivity contribution in [1.29, 1.82) is 0 Å². The number of benzene rings is 1. The Labute approximate surface area is 156 Å². The molecule has 2 heterocycles. The van der Waals surface area contributed by atoms with Crippen LogP contribution < -0.4 is 0 Å². The lowest BCUT2D eigenvalue weighted by atomic mass is 10.0. The predicted molar refractivity (Wildman–Crippen MR) is 101 cm³/mol. The Hall–Kier alpha value is -2.11. The number of carbonyl (C=O) groups excluding carboxylic acids is 1. The second-order valence-corrected chi connectivity index (χ2v) is 6.99. The molecular weight excluding hydrogens is 356 g/mol. The van der Waals surface area contributed by atoms with Gasteiger partial charge in [0, 0.05) is 18.7 Å². The molecule has 25 heavy (non-hydrogen) atoms. The molecule has 0 bridgehead atoms. The van der Waals surface area contributed by atoms with E-state index in [1.54, 1.807) is 24.3 Å². The molecule has 4 nitrogen and oxygen atoms in total. The summed E-state index contributed by atoms with van der Waals surface area (Å²) in [5.41, 5.74) is 2.81. The summed E-state index contributed by atoms with van der Waals surface area (Å²) >= 11 is 7.92. The van der Waals surface area contributed by atoms with Crippen molar-refractivity contribution in [3.8, 4) is 11.3 Å². The van der Waals surface area contributed by atoms with Crippen molar-refractivity contribution in [2.24, 2.45) is 0 Å². The molecule has 0 saturated carbocycles. The van der Waals surface area contributed by atoms with E-state index in [1.165, 1.54) is 0 Å². The van der Waals surface area contributed by atoms with E-state index in [-0.39, 0.29) is 5.91 Å². The molecule has 1 amide bonds. The Morgan fingerprint density at radius 3 is 2.80 bits per heavy atom. The third kappa shape index (κ3) is 3.78. The minimum Gasteiger partial charge on any atom is -0.360 e. The quantitative estimate of drug-likeness (QED) is 0.579. The number of amides is 1. The first-order valence-corrected chi connectivity index (χ1v) is 9.45. The molecule has 3 aromatic rings. The Morgan fingerprint density at radius 1 is 1.32 bits per heavy atom. The van der Waals surface area contributed by atoms with Gasteiger partial charge in [-0.25, -0.2) is 0 Å². The topological polar surface area (TPSA) is 46.3 Å². The van der Waals surface area contributed by atoms with Crippen LogP contribution >= 0.6 is 22.9 Å². The molecule has 0 aliphatic carbocycles. The first-order chi connectivity index (χ1) is 12.1. The summed E-state index contributed by atoms with van der Waals surface area (Å²) in [6.07, 6.45) is 0.877. The molecule has 1 aromatic carbocycles. The van der Waals surface area contributed by atoms with Gasteiger partial charge in [0.1, 0.15) is 17.0 Å². The molecule has 0 saturated heterocycles. The molecule has 3 rings (SSSR count). The van der Waals surface area contributed by atoms with Crippen LogP contribution in [0.5, 0.6) is 0 Å². The predicted octanol–water partition coefficient (Wildman–Crippen LogP) is 5.42. The number of aryl methyl sites for hydroxylation is 1. The summed E-state index contributed by atoms with van der Waals surface area (Å²) in [4.78, 5) is 15.1. The van der Waals surface area contributed by atoms with Crippen LogP contribution in [0, 0.1) is 6.92 Å². The maximum absolute atomic E-state index is 13.2. The Bertz CT molecular complexity index is 858. The zero-order chi connectivity index (χ0) is 17.8. The average Bonchev–Trinajstić information content (AvgIpc) is 3.24. The number of carbonyl (C=O) groups is 1. The number of thiophene rings is 1. The molecule has 2 aromatic heterocycles. The van der Waals surface area contributed by atoms with Crippen molar-refractivity contribution in [3.05, 3.63) is 63.0 Å². The van der Waals surface area contributed by atoms with Gasteiger partial charge in [-0.2, -0.15) is 11.3 Å². The Morgan fingerprint density at radius 2 is 2.12 bits per heavy atom. The maximum Gasteiger partial charge on any atom is 0.260 e. The fraction of sp³-hybridized carbons (Fsp3) is 0.263. The van der Waals surface area contributed by atoms with E-state index in [1.807, 2.05) is 34.5 Å². The number of nitrogens with zero attached hydrogens (tertiary/aromatic N) is 2. The first-order valence-electron chi connectivity index (χ1n) is 8.13. The van der Waals surface area contributed by atoms with Gasteiger partial charge in [-0.1, -0.05) is 41.9 Å². The van der Waals surface area contributed by atoms with Gasteiger partial charge in [0.25, 0.3) is 5.91 Å². The van der Waals surface area contributed by atoms with Crippen molar-refractivity contribution in [1.82, 2.24) is 10.1 Å². The molecule has 0 aliphatic rings. The highest BCUT2D eigenvalue weighted by atomic mass is 35.5. The van der Waals surface area contributed by atoms with E-state index in [0.29, 0.717) is 40.7 Å². The number of halogens is 1. The van der Waals surface area contributed by atoms with E-state index in [9.17, 15) is 4.79 Å².